The molecular weight excluding hydrogens is 219 g/mol. The minimum atomic E-state index is -0.332. The maximum Gasteiger partial charge on any atom is 0.141 e. The Bertz CT molecular complexity index is 437. The zero-order valence-electron chi connectivity index (χ0n) is 9.53. The highest BCUT2D eigenvalue weighted by atomic mass is 19.1. The lowest BCUT2D eigenvalue weighted by atomic mass is 10.0. The Balaban J connectivity index is 1.89. The molecule has 1 aliphatic rings. The fourth-order valence-electron chi connectivity index (χ4n) is 1.61. The van der Waals surface area contributed by atoms with E-state index >= 15 is 0 Å². The molecule has 0 amide bonds. The summed E-state index contributed by atoms with van der Waals surface area (Å²) in [6, 6.07) is 3.01. The second-order valence-corrected chi connectivity index (χ2v) is 3.92. The van der Waals surface area contributed by atoms with E-state index in [1.807, 2.05) is 12.2 Å². The standard InChI is InChI=1S/C13H15FN2O/c14-11-3-4-12(16-8-11)9-17-13-5-1-10(7-15)2-6-13/h1,3-5,8H,2,6-7,9,15H2. The van der Waals surface area contributed by atoms with E-state index < -0.39 is 0 Å². The van der Waals surface area contributed by atoms with Gasteiger partial charge < -0.3 is 10.5 Å². The third-order valence-corrected chi connectivity index (χ3v) is 2.65. The van der Waals surface area contributed by atoms with Crippen LogP contribution in [0.15, 0.2) is 41.8 Å². The SMILES string of the molecule is NCC1=CC=C(OCc2ccc(F)cn2)CC1. The first-order valence-corrected chi connectivity index (χ1v) is 5.60. The molecule has 0 bridgehead atoms. The van der Waals surface area contributed by atoms with Crippen LogP contribution in [0.25, 0.3) is 0 Å². The highest BCUT2D eigenvalue weighted by Gasteiger charge is 2.06. The van der Waals surface area contributed by atoms with E-state index in [2.05, 4.69) is 4.98 Å². The average molecular weight is 234 g/mol. The van der Waals surface area contributed by atoms with Crippen molar-refractivity contribution in [2.75, 3.05) is 6.54 Å². The van der Waals surface area contributed by atoms with Crippen molar-refractivity contribution in [2.24, 2.45) is 5.73 Å². The summed E-state index contributed by atoms with van der Waals surface area (Å²) < 4.78 is 18.2. The number of hydrogen-bond donors (Lipinski definition) is 1. The van der Waals surface area contributed by atoms with E-state index in [1.165, 1.54) is 17.8 Å². The van der Waals surface area contributed by atoms with Gasteiger partial charge in [0.15, 0.2) is 0 Å². The molecule has 2 rings (SSSR count). The van der Waals surface area contributed by atoms with Gasteiger partial charge >= 0.3 is 0 Å². The zero-order chi connectivity index (χ0) is 12.1. The topological polar surface area (TPSA) is 48.1 Å². The van der Waals surface area contributed by atoms with Crippen LogP contribution >= 0.6 is 0 Å². The maximum absolute atomic E-state index is 12.6. The molecule has 0 aromatic carbocycles. The summed E-state index contributed by atoms with van der Waals surface area (Å²) in [5.74, 6) is 0.592. The van der Waals surface area contributed by atoms with Gasteiger partial charge in [-0.2, -0.15) is 0 Å². The number of halogens is 1. The molecule has 4 heteroatoms. The van der Waals surface area contributed by atoms with Crippen molar-refractivity contribution in [1.29, 1.82) is 0 Å². The summed E-state index contributed by atoms with van der Waals surface area (Å²) in [4.78, 5) is 3.93. The van der Waals surface area contributed by atoms with Crippen molar-refractivity contribution in [3.8, 4) is 0 Å². The molecule has 2 N–H and O–H groups in total. The van der Waals surface area contributed by atoms with Crippen molar-refractivity contribution >= 4 is 0 Å². The molecule has 0 saturated carbocycles. The number of ether oxygens (including phenoxy) is 1. The van der Waals surface area contributed by atoms with Gasteiger partial charge in [0, 0.05) is 13.0 Å². The highest BCUT2D eigenvalue weighted by molar-refractivity contribution is 5.21. The number of nitrogens with zero attached hydrogens (tertiary/aromatic N) is 1. The number of rotatable bonds is 4. The normalized spacial score (nSPS) is 15.2. The smallest absolute Gasteiger partial charge is 0.141 e. The molecule has 3 nitrogen and oxygen atoms in total. The molecular formula is C13H15FN2O. The summed E-state index contributed by atoms with van der Waals surface area (Å²) >= 11 is 0. The fourth-order valence-corrected chi connectivity index (χ4v) is 1.61. The summed E-state index contributed by atoms with van der Waals surface area (Å²) in [5, 5.41) is 0. The Kier molecular flexibility index (Phi) is 3.88. The lowest BCUT2D eigenvalue weighted by molar-refractivity contribution is 0.184. The Morgan fingerprint density at radius 2 is 2.18 bits per heavy atom. The molecule has 1 heterocycles. The van der Waals surface area contributed by atoms with Gasteiger partial charge in [0.1, 0.15) is 12.4 Å². The first kappa shape index (κ1) is 11.8. The maximum atomic E-state index is 12.6. The monoisotopic (exact) mass is 234 g/mol. The fraction of sp³-hybridized carbons (Fsp3) is 0.308. The highest BCUT2D eigenvalue weighted by Crippen LogP contribution is 2.19. The molecule has 1 aromatic rings. The van der Waals surface area contributed by atoms with Gasteiger partial charge in [-0.1, -0.05) is 11.6 Å². The molecule has 0 aliphatic heterocycles. The predicted molar refractivity (Wildman–Crippen MR) is 63.4 cm³/mol. The molecule has 90 valence electrons. The minimum absolute atomic E-state index is 0.332. The summed E-state index contributed by atoms with van der Waals surface area (Å²) in [7, 11) is 0. The molecule has 0 spiro atoms. The second kappa shape index (κ2) is 5.59. The van der Waals surface area contributed by atoms with Crippen LogP contribution in [0.4, 0.5) is 4.39 Å². The van der Waals surface area contributed by atoms with E-state index in [-0.39, 0.29) is 5.82 Å². The lowest BCUT2D eigenvalue weighted by Gasteiger charge is -2.14. The quantitative estimate of drug-likeness (QED) is 0.869. The van der Waals surface area contributed by atoms with Gasteiger partial charge in [-0.3, -0.25) is 4.98 Å². The van der Waals surface area contributed by atoms with Gasteiger partial charge in [0.2, 0.25) is 0 Å². The molecule has 0 saturated heterocycles. The van der Waals surface area contributed by atoms with Crippen molar-refractivity contribution in [3.63, 3.8) is 0 Å². The Hall–Kier alpha value is -1.68. The largest absolute Gasteiger partial charge is 0.492 e. The van der Waals surface area contributed by atoms with Gasteiger partial charge in [0.05, 0.1) is 17.6 Å². The number of aromatic nitrogens is 1. The molecule has 1 aromatic heterocycles. The van der Waals surface area contributed by atoms with Crippen molar-refractivity contribution < 1.29 is 9.13 Å². The first-order valence-electron chi connectivity index (χ1n) is 5.60. The van der Waals surface area contributed by atoms with Gasteiger partial charge in [0.25, 0.3) is 0 Å². The summed E-state index contributed by atoms with van der Waals surface area (Å²) in [6.45, 7) is 0.973. The first-order chi connectivity index (χ1) is 8.28. The van der Waals surface area contributed by atoms with Crippen molar-refractivity contribution in [2.45, 2.75) is 19.4 Å². The lowest BCUT2D eigenvalue weighted by Crippen LogP contribution is -2.07. The van der Waals surface area contributed by atoms with Crippen LogP contribution in [0.5, 0.6) is 0 Å². The summed E-state index contributed by atoms with van der Waals surface area (Å²) in [5.41, 5.74) is 7.50. The van der Waals surface area contributed by atoms with Crippen LogP contribution < -0.4 is 5.73 Å². The van der Waals surface area contributed by atoms with Crippen LogP contribution in [-0.4, -0.2) is 11.5 Å². The average Bonchev–Trinajstić information content (AvgIpc) is 2.39. The van der Waals surface area contributed by atoms with E-state index in [9.17, 15) is 4.39 Å². The number of allylic oxidation sites excluding steroid dienone is 3. The van der Waals surface area contributed by atoms with Gasteiger partial charge in [-0.05, 0) is 24.6 Å². The van der Waals surface area contributed by atoms with Gasteiger partial charge in [-0.25, -0.2) is 4.39 Å². The third kappa shape index (κ3) is 3.39. The number of nitrogens with two attached hydrogens (primary N) is 1. The van der Waals surface area contributed by atoms with Crippen LogP contribution in [0.1, 0.15) is 18.5 Å². The second-order valence-electron chi connectivity index (χ2n) is 3.92. The minimum Gasteiger partial charge on any atom is -0.492 e. The summed E-state index contributed by atoms with van der Waals surface area (Å²) in [6.07, 6.45) is 6.94. The molecule has 17 heavy (non-hydrogen) atoms. The Morgan fingerprint density at radius 3 is 2.76 bits per heavy atom. The number of hydrogen-bond acceptors (Lipinski definition) is 3. The molecule has 0 atom stereocenters. The van der Waals surface area contributed by atoms with E-state index in [4.69, 9.17) is 10.5 Å². The third-order valence-electron chi connectivity index (χ3n) is 2.65. The van der Waals surface area contributed by atoms with Crippen LogP contribution in [0.2, 0.25) is 0 Å². The van der Waals surface area contributed by atoms with Crippen molar-refractivity contribution in [1.82, 2.24) is 4.98 Å². The molecule has 0 unspecified atom stereocenters. The predicted octanol–water partition coefficient (Wildman–Crippen LogP) is 2.30. The van der Waals surface area contributed by atoms with Crippen molar-refractivity contribution in [3.05, 3.63) is 53.3 Å². The van der Waals surface area contributed by atoms with Crippen LogP contribution in [0.3, 0.4) is 0 Å². The van der Waals surface area contributed by atoms with E-state index in [0.717, 1.165) is 24.3 Å². The molecule has 1 aliphatic carbocycles. The van der Waals surface area contributed by atoms with E-state index in [1.54, 1.807) is 6.07 Å². The van der Waals surface area contributed by atoms with E-state index in [0.29, 0.717) is 13.2 Å². The Morgan fingerprint density at radius 1 is 1.29 bits per heavy atom. The zero-order valence-corrected chi connectivity index (χ0v) is 9.53. The Labute approximate surface area is 99.8 Å². The molecule has 0 fully saturated rings. The van der Waals surface area contributed by atoms with Crippen LogP contribution in [-0.2, 0) is 11.3 Å². The molecule has 0 radical (unpaired) electrons. The number of pyridine rings is 1. The van der Waals surface area contributed by atoms with Gasteiger partial charge in [-0.15, -0.1) is 0 Å². The van der Waals surface area contributed by atoms with Crippen LogP contribution in [0, 0.1) is 5.82 Å².